The van der Waals surface area contributed by atoms with Gasteiger partial charge >= 0.3 is 0 Å². The van der Waals surface area contributed by atoms with Gasteiger partial charge < -0.3 is 0 Å². The van der Waals surface area contributed by atoms with Gasteiger partial charge in [0.1, 0.15) is 17.5 Å². The number of benzene rings is 2. The van der Waals surface area contributed by atoms with E-state index in [0.29, 0.717) is 23.8 Å². The Labute approximate surface area is 169 Å². The lowest BCUT2D eigenvalue weighted by atomic mass is 9.65. The molecule has 0 saturated heterocycles. The summed E-state index contributed by atoms with van der Waals surface area (Å²) < 4.78 is 44.1. The lowest BCUT2D eigenvalue weighted by Crippen LogP contribution is -2.28. The topological polar surface area (TPSA) is 0 Å². The Balaban J connectivity index is 1.69. The molecule has 4 heteroatoms. The molecule has 0 nitrogen and oxygen atoms in total. The van der Waals surface area contributed by atoms with Crippen LogP contribution in [0.4, 0.5) is 13.2 Å². The average Bonchev–Trinajstić information content (AvgIpc) is 2.68. The van der Waals surface area contributed by atoms with E-state index in [1.807, 2.05) is 0 Å². The van der Waals surface area contributed by atoms with Crippen molar-refractivity contribution in [2.45, 2.75) is 51.4 Å². The monoisotopic (exact) mass is 404 g/mol. The van der Waals surface area contributed by atoms with Gasteiger partial charge in [-0.1, -0.05) is 36.7 Å². The number of rotatable bonds is 3. The largest absolute Gasteiger partial charge is 0.206 e. The highest BCUT2D eigenvalue weighted by Gasteiger charge is 2.37. The van der Waals surface area contributed by atoms with E-state index in [1.165, 1.54) is 18.2 Å². The van der Waals surface area contributed by atoms with Crippen molar-refractivity contribution >= 4 is 11.6 Å². The summed E-state index contributed by atoms with van der Waals surface area (Å²) in [7, 11) is 0. The maximum atomic E-state index is 15.3. The molecule has 1 fully saturated rings. The van der Waals surface area contributed by atoms with Gasteiger partial charge in [-0.25, -0.2) is 13.2 Å². The molecule has 148 valence electrons. The van der Waals surface area contributed by atoms with Crippen molar-refractivity contribution in [3.8, 4) is 11.1 Å². The van der Waals surface area contributed by atoms with Crippen molar-refractivity contribution in [3.05, 3.63) is 70.0 Å². The van der Waals surface area contributed by atoms with E-state index in [4.69, 9.17) is 11.6 Å². The summed E-state index contributed by atoms with van der Waals surface area (Å²) in [6.07, 6.45) is 10.2. The predicted octanol–water partition coefficient (Wildman–Crippen LogP) is 7.84. The Morgan fingerprint density at radius 1 is 1.07 bits per heavy atom. The molecular formula is C24H24ClF3. The molecule has 0 aliphatic heterocycles. The molecule has 0 bridgehead atoms. The second kappa shape index (κ2) is 7.94. The highest BCUT2D eigenvalue weighted by molar-refractivity contribution is 6.30. The Kier molecular flexibility index (Phi) is 5.55. The summed E-state index contributed by atoms with van der Waals surface area (Å²) >= 11 is 5.72. The molecule has 3 atom stereocenters. The fourth-order valence-corrected chi connectivity index (χ4v) is 5.16. The van der Waals surface area contributed by atoms with Crippen LogP contribution in [-0.2, 0) is 6.42 Å². The normalized spacial score (nSPS) is 24.2. The van der Waals surface area contributed by atoms with Crippen LogP contribution in [0.3, 0.4) is 0 Å². The molecule has 2 aliphatic rings. The van der Waals surface area contributed by atoms with Gasteiger partial charge in [-0.05, 0) is 91.2 Å². The van der Waals surface area contributed by atoms with E-state index in [1.54, 1.807) is 0 Å². The Bertz CT molecular complexity index is 919. The lowest BCUT2D eigenvalue weighted by molar-refractivity contribution is 0.234. The van der Waals surface area contributed by atoms with Crippen LogP contribution in [-0.4, -0.2) is 0 Å². The molecule has 0 aromatic heterocycles. The first-order chi connectivity index (χ1) is 13.5. The van der Waals surface area contributed by atoms with Crippen LogP contribution in [0, 0.1) is 29.3 Å². The average molecular weight is 405 g/mol. The van der Waals surface area contributed by atoms with Crippen molar-refractivity contribution < 1.29 is 13.2 Å². The molecular weight excluding hydrogens is 381 g/mol. The van der Waals surface area contributed by atoms with Gasteiger partial charge in [0.05, 0.1) is 10.6 Å². The Morgan fingerprint density at radius 2 is 1.89 bits per heavy atom. The summed E-state index contributed by atoms with van der Waals surface area (Å²) in [6, 6.07) is 5.41. The van der Waals surface area contributed by atoms with E-state index < -0.39 is 17.5 Å². The van der Waals surface area contributed by atoms with E-state index in [2.05, 4.69) is 19.1 Å². The number of allylic oxidation sites excluding steroid dienone is 2. The first-order valence-electron chi connectivity index (χ1n) is 10.1. The quantitative estimate of drug-likeness (QED) is 0.457. The number of hydrogen-bond donors (Lipinski definition) is 0. The minimum atomic E-state index is -0.672. The number of hydrogen-bond acceptors (Lipinski definition) is 0. The molecule has 2 aliphatic carbocycles. The van der Waals surface area contributed by atoms with Crippen LogP contribution in [0.5, 0.6) is 0 Å². The van der Waals surface area contributed by atoms with Gasteiger partial charge in [-0.3, -0.25) is 0 Å². The van der Waals surface area contributed by atoms with E-state index >= 15 is 4.39 Å². The molecule has 1 saturated carbocycles. The van der Waals surface area contributed by atoms with Crippen molar-refractivity contribution in [2.75, 3.05) is 0 Å². The van der Waals surface area contributed by atoms with Gasteiger partial charge in [0.15, 0.2) is 0 Å². The SMILES string of the molecule is CC/C=C/[C@@H]1CC[C@@H]2c3cc(F)c(-c4ccc(Cl)c(F)c4)c(F)c3CC[C@@H]2C1. The highest BCUT2D eigenvalue weighted by atomic mass is 35.5. The van der Waals surface area contributed by atoms with Crippen molar-refractivity contribution in [1.29, 1.82) is 0 Å². The standard InChI is InChI=1S/C24H24ClF3/c1-2-3-4-14-5-8-17-15(11-14)6-9-18-19(17)13-22(27)23(24(18)28)16-7-10-20(25)21(26)12-16/h3-4,7,10,12-15,17H,2,5-6,8-9,11H2,1H3/b4-3+/t14-,15-,17+/m1/s1. The van der Waals surface area contributed by atoms with Crippen LogP contribution in [0.1, 0.15) is 56.1 Å². The van der Waals surface area contributed by atoms with Crippen LogP contribution in [0.2, 0.25) is 5.02 Å². The van der Waals surface area contributed by atoms with E-state index in [-0.39, 0.29) is 22.1 Å². The predicted molar refractivity (Wildman–Crippen MR) is 108 cm³/mol. The molecule has 0 radical (unpaired) electrons. The maximum absolute atomic E-state index is 15.3. The third kappa shape index (κ3) is 3.50. The second-order valence-corrected chi connectivity index (χ2v) is 8.47. The summed E-state index contributed by atoms with van der Waals surface area (Å²) in [5.74, 6) is -0.557. The lowest BCUT2D eigenvalue weighted by Gasteiger charge is -2.40. The number of fused-ring (bicyclic) bond motifs is 3. The molecule has 0 amide bonds. The van der Waals surface area contributed by atoms with Gasteiger partial charge in [0, 0.05) is 0 Å². The molecule has 0 heterocycles. The van der Waals surface area contributed by atoms with E-state index in [0.717, 1.165) is 43.7 Å². The molecule has 0 spiro atoms. The molecule has 28 heavy (non-hydrogen) atoms. The van der Waals surface area contributed by atoms with Crippen LogP contribution in [0.25, 0.3) is 11.1 Å². The first kappa shape index (κ1) is 19.6. The van der Waals surface area contributed by atoms with Crippen LogP contribution in [0.15, 0.2) is 36.4 Å². The third-order valence-electron chi connectivity index (χ3n) is 6.39. The summed E-state index contributed by atoms with van der Waals surface area (Å²) in [6.45, 7) is 2.13. The Morgan fingerprint density at radius 3 is 2.64 bits per heavy atom. The molecule has 0 unspecified atom stereocenters. The fraction of sp³-hybridized carbons (Fsp3) is 0.417. The van der Waals surface area contributed by atoms with Gasteiger partial charge in [0.2, 0.25) is 0 Å². The van der Waals surface area contributed by atoms with Gasteiger partial charge in [0.25, 0.3) is 0 Å². The second-order valence-electron chi connectivity index (χ2n) is 8.06. The minimum Gasteiger partial charge on any atom is -0.206 e. The molecule has 2 aromatic carbocycles. The van der Waals surface area contributed by atoms with Crippen molar-refractivity contribution in [2.24, 2.45) is 11.8 Å². The minimum absolute atomic E-state index is 0.0562. The zero-order valence-corrected chi connectivity index (χ0v) is 16.7. The third-order valence-corrected chi connectivity index (χ3v) is 6.70. The molecule has 4 rings (SSSR count). The number of halogens is 4. The Hall–Kier alpha value is -1.74. The fourth-order valence-electron chi connectivity index (χ4n) is 5.04. The van der Waals surface area contributed by atoms with Crippen molar-refractivity contribution in [1.82, 2.24) is 0 Å². The van der Waals surface area contributed by atoms with Crippen LogP contribution < -0.4 is 0 Å². The zero-order valence-electron chi connectivity index (χ0n) is 16.0. The highest BCUT2D eigenvalue weighted by Crippen LogP contribution is 2.49. The molecule has 2 aromatic rings. The summed E-state index contributed by atoms with van der Waals surface area (Å²) in [5.41, 5.74) is 1.47. The maximum Gasteiger partial charge on any atom is 0.142 e. The zero-order chi connectivity index (χ0) is 19.8. The van der Waals surface area contributed by atoms with Gasteiger partial charge in [-0.15, -0.1) is 0 Å². The first-order valence-corrected chi connectivity index (χ1v) is 10.5. The summed E-state index contributed by atoms with van der Waals surface area (Å²) in [5, 5.41) is -0.0562. The van der Waals surface area contributed by atoms with Crippen molar-refractivity contribution in [3.63, 3.8) is 0 Å². The summed E-state index contributed by atoms with van der Waals surface area (Å²) in [4.78, 5) is 0. The van der Waals surface area contributed by atoms with E-state index in [9.17, 15) is 8.78 Å². The molecule has 0 N–H and O–H groups in total. The smallest absolute Gasteiger partial charge is 0.142 e. The van der Waals surface area contributed by atoms with Crippen LogP contribution >= 0.6 is 11.6 Å². The van der Waals surface area contributed by atoms with Gasteiger partial charge in [-0.2, -0.15) is 0 Å².